The van der Waals surface area contributed by atoms with Gasteiger partial charge in [-0.1, -0.05) is 0 Å². The molecule has 2 aliphatic heterocycles. The van der Waals surface area contributed by atoms with Gasteiger partial charge in [0.1, 0.15) is 22.7 Å². The van der Waals surface area contributed by atoms with Gasteiger partial charge in [0.05, 0.1) is 0 Å². The molecule has 21 heavy (non-hydrogen) atoms. The third kappa shape index (κ3) is 3.18. The SMILES string of the molecule is CC1=C(C(=O)Cl)N2C(=O)[C@@H](NC(=O)OC(C)(C)C)[C@H]2SC1. The van der Waals surface area contributed by atoms with E-state index in [1.54, 1.807) is 27.7 Å². The van der Waals surface area contributed by atoms with Crippen molar-refractivity contribution in [2.75, 3.05) is 5.75 Å². The number of hydrogen-bond acceptors (Lipinski definition) is 5. The number of nitrogens with one attached hydrogen (secondary N) is 1. The predicted molar refractivity (Wildman–Crippen MR) is 79.8 cm³/mol. The zero-order valence-electron chi connectivity index (χ0n) is 12.2. The Hall–Kier alpha value is -1.21. The summed E-state index contributed by atoms with van der Waals surface area (Å²) in [4.78, 5) is 36.7. The second kappa shape index (κ2) is 5.53. The number of allylic oxidation sites excluding steroid dienone is 1. The maximum Gasteiger partial charge on any atom is 0.408 e. The zero-order chi connectivity index (χ0) is 15.9. The van der Waals surface area contributed by atoms with E-state index in [0.29, 0.717) is 5.75 Å². The van der Waals surface area contributed by atoms with Gasteiger partial charge in [0.15, 0.2) is 0 Å². The fourth-order valence-corrected chi connectivity index (χ4v) is 3.73. The molecule has 0 radical (unpaired) electrons. The molecule has 1 saturated heterocycles. The highest BCUT2D eigenvalue weighted by Gasteiger charge is 2.53. The number of hydrogen-bond donors (Lipinski definition) is 1. The Bertz CT molecular complexity index is 541. The summed E-state index contributed by atoms with van der Waals surface area (Å²) in [5.74, 6) is 0.246. The van der Waals surface area contributed by atoms with Crippen molar-refractivity contribution in [3.8, 4) is 0 Å². The molecule has 0 saturated carbocycles. The van der Waals surface area contributed by atoms with E-state index in [0.717, 1.165) is 5.57 Å². The molecular weight excluding hydrogens is 316 g/mol. The van der Waals surface area contributed by atoms with E-state index in [2.05, 4.69) is 5.32 Å². The number of alkyl carbamates (subject to hydrolysis) is 1. The molecule has 1 N–H and O–H groups in total. The molecular formula is C13H17ClN2O4S. The van der Waals surface area contributed by atoms with Crippen LogP contribution in [-0.2, 0) is 14.3 Å². The minimum absolute atomic E-state index is 0.229. The number of carbonyl (C=O) groups excluding carboxylic acids is 3. The first kappa shape index (κ1) is 16.2. The van der Waals surface area contributed by atoms with Gasteiger partial charge in [0, 0.05) is 5.75 Å². The van der Waals surface area contributed by atoms with Gasteiger partial charge in [-0.05, 0) is 44.9 Å². The molecule has 0 aromatic rings. The summed E-state index contributed by atoms with van der Waals surface area (Å²) in [6, 6.07) is -0.691. The van der Waals surface area contributed by atoms with Gasteiger partial charge in [-0.3, -0.25) is 14.5 Å². The standard InChI is InChI=1S/C13H17ClN2O4S/c1-6-5-21-11-7(15-12(19)20-13(2,3)4)10(18)16(11)8(6)9(14)17/h7,11H,5H2,1-4H3,(H,15,19)/t7-,11-/m1/s1. The van der Waals surface area contributed by atoms with Crippen LogP contribution in [0.4, 0.5) is 4.79 Å². The van der Waals surface area contributed by atoms with Crippen LogP contribution < -0.4 is 5.32 Å². The Morgan fingerprint density at radius 1 is 1.43 bits per heavy atom. The van der Waals surface area contributed by atoms with Gasteiger partial charge in [0.2, 0.25) is 0 Å². The number of fused-ring (bicyclic) bond motifs is 1. The first-order valence-corrected chi connectivity index (χ1v) is 7.88. The second-order valence-corrected chi connectivity index (χ2v) is 7.38. The molecule has 0 bridgehead atoms. The summed E-state index contributed by atoms with van der Waals surface area (Å²) in [5, 5.41) is 1.58. The van der Waals surface area contributed by atoms with Crippen LogP contribution in [0.5, 0.6) is 0 Å². The monoisotopic (exact) mass is 332 g/mol. The Balaban J connectivity index is 2.07. The van der Waals surface area contributed by atoms with Crippen molar-refractivity contribution in [1.82, 2.24) is 10.2 Å². The van der Waals surface area contributed by atoms with Crippen molar-refractivity contribution >= 4 is 40.6 Å². The van der Waals surface area contributed by atoms with Crippen LogP contribution >= 0.6 is 23.4 Å². The maximum absolute atomic E-state index is 12.2. The first-order chi connectivity index (χ1) is 9.61. The highest BCUT2D eigenvalue weighted by molar-refractivity contribution is 8.00. The topological polar surface area (TPSA) is 75.7 Å². The maximum atomic E-state index is 12.2. The fourth-order valence-electron chi connectivity index (χ4n) is 2.19. The molecule has 0 aromatic carbocycles. The average Bonchev–Trinajstić information content (AvgIpc) is 2.33. The highest BCUT2D eigenvalue weighted by atomic mass is 35.5. The van der Waals surface area contributed by atoms with Crippen LogP contribution in [0, 0.1) is 0 Å². The Morgan fingerprint density at radius 2 is 2.05 bits per heavy atom. The Labute approximate surface area is 132 Å². The number of rotatable bonds is 2. The number of nitrogens with zero attached hydrogens (tertiary/aromatic N) is 1. The summed E-state index contributed by atoms with van der Waals surface area (Å²) in [6.45, 7) is 6.99. The zero-order valence-corrected chi connectivity index (χ0v) is 13.8. The molecule has 1 fully saturated rings. The third-order valence-electron chi connectivity index (χ3n) is 3.02. The van der Waals surface area contributed by atoms with Gasteiger partial charge in [-0.15, -0.1) is 11.8 Å². The molecule has 116 valence electrons. The van der Waals surface area contributed by atoms with Gasteiger partial charge in [-0.2, -0.15) is 0 Å². The average molecular weight is 333 g/mol. The van der Waals surface area contributed by atoms with E-state index in [1.165, 1.54) is 16.7 Å². The molecule has 2 atom stereocenters. The molecule has 8 heteroatoms. The van der Waals surface area contributed by atoms with Crippen LogP contribution in [0.1, 0.15) is 27.7 Å². The second-order valence-electron chi connectivity index (χ2n) is 5.94. The van der Waals surface area contributed by atoms with Crippen LogP contribution in [0.15, 0.2) is 11.3 Å². The van der Waals surface area contributed by atoms with Gasteiger partial charge in [0.25, 0.3) is 11.1 Å². The van der Waals surface area contributed by atoms with Crippen molar-refractivity contribution < 1.29 is 19.1 Å². The van der Waals surface area contributed by atoms with E-state index in [-0.39, 0.29) is 17.0 Å². The van der Waals surface area contributed by atoms with E-state index < -0.39 is 23.0 Å². The van der Waals surface area contributed by atoms with Crippen LogP contribution in [0.2, 0.25) is 0 Å². The molecule has 2 amide bonds. The molecule has 6 nitrogen and oxygen atoms in total. The molecule has 2 rings (SSSR count). The smallest absolute Gasteiger partial charge is 0.408 e. The molecule has 2 aliphatic rings. The summed E-state index contributed by atoms with van der Waals surface area (Å²) >= 11 is 7.02. The summed E-state index contributed by atoms with van der Waals surface area (Å²) in [6.07, 6.45) is -0.647. The minimum atomic E-state index is -0.691. The highest BCUT2D eigenvalue weighted by Crippen LogP contribution is 2.40. The molecule has 0 spiro atoms. The van der Waals surface area contributed by atoms with E-state index in [1.807, 2.05) is 0 Å². The molecule has 0 unspecified atom stereocenters. The van der Waals surface area contributed by atoms with Crippen molar-refractivity contribution in [3.05, 3.63) is 11.3 Å². The lowest BCUT2D eigenvalue weighted by Gasteiger charge is -2.49. The number of halogens is 1. The van der Waals surface area contributed by atoms with Crippen LogP contribution in [-0.4, -0.2) is 44.9 Å². The largest absolute Gasteiger partial charge is 0.444 e. The number of β-lactam (4-membered cyclic amide) rings is 1. The van der Waals surface area contributed by atoms with Gasteiger partial charge in [-0.25, -0.2) is 4.79 Å². The molecule has 0 aliphatic carbocycles. The third-order valence-corrected chi connectivity index (χ3v) is 4.62. The van der Waals surface area contributed by atoms with Gasteiger partial charge >= 0.3 is 6.09 Å². The number of ether oxygens (including phenoxy) is 1. The Kier molecular flexibility index (Phi) is 4.26. The number of carbonyl (C=O) groups is 3. The quantitative estimate of drug-likeness (QED) is 0.617. The van der Waals surface area contributed by atoms with Crippen molar-refractivity contribution in [2.24, 2.45) is 0 Å². The molecule has 2 heterocycles. The molecule has 0 aromatic heterocycles. The summed E-state index contributed by atoms with van der Waals surface area (Å²) in [7, 11) is 0. The van der Waals surface area contributed by atoms with Crippen molar-refractivity contribution in [2.45, 2.75) is 44.7 Å². The van der Waals surface area contributed by atoms with E-state index >= 15 is 0 Å². The van der Waals surface area contributed by atoms with E-state index in [4.69, 9.17) is 16.3 Å². The Morgan fingerprint density at radius 3 is 2.57 bits per heavy atom. The summed E-state index contributed by atoms with van der Waals surface area (Å²) in [5.41, 5.74) is 0.359. The number of thioether (sulfide) groups is 1. The normalized spacial score (nSPS) is 25.2. The summed E-state index contributed by atoms with van der Waals surface area (Å²) < 4.78 is 5.13. The lowest BCUT2D eigenvalue weighted by atomic mass is 10.0. The lowest BCUT2D eigenvalue weighted by Crippen LogP contribution is -2.70. The number of amides is 2. The van der Waals surface area contributed by atoms with Crippen LogP contribution in [0.25, 0.3) is 0 Å². The van der Waals surface area contributed by atoms with Crippen molar-refractivity contribution in [1.29, 1.82) is 0 Å². The van der Waals surface area contributed by atoms with E-state index in [9.17, 15) is 14.4 Å². The lowest BCUT2D eigenvalue weighted by molar-refractivity contribution is -0.144. The van der Waals surface area contributed by atoms with Crippen LogP contribution in [0.3, 0.4) is 0 Å². The van der Waals surface area contributed by atoms with Gasteiger partial charge < -0.3 is 10.1 Å². The minimum Gasteiger partial charge on any atom is -0.444 e. The predicted octanol–water partition coefficient (Wildman–Crippen LogP) is 1.83. The first-order valence-electron chi connectivity index (χ1n) is 6.45. The van der Waals surface area contributed by atoms with Crippen molar-refractivity contribution in [3.63, 3.8) is 0 Å². The fraction of sp³-hybridized carbons (Fsp3) is 0.615.